The van der Waals surface area contributed by atoms with E-state index in [1.165, 1.54) is 29.5 Å². The van der Waals surface area contributed by atoms with Crippen LogP contribution < -0.4 is 15.5 Å². The Balaban J connectivity index is 1.34. The highest BCUT2D eigenvalue weighted by molar-refractivity contribution is 7.16. The summed E-state index contributed by atoms with van der Waals surface area (Å²) in [5, 5.41) is 19.1. The maximum Gasteiger partial charge on any atom is 0.573 e. The molecule has 1 aromatic carbocycles. The van der Waals surface area contributed by atoms with Gasteiger partial charge < -0.3 is 15.2 Å². The van der Waals surface area contributed by atoms with Crippen molar-refractivity contribution in [3.05, 3.63) is 87.2 Å². The molecule has 0 saturated heterocycles. The highest BCUT2D eigenvalue weighted by atomic mass is 32.1. The molecule has 4 rings (SSSR count). The summed E-state index contributed by atoms with van der Waals surface area (Å²) in [6.07, 6.45) is -0.765. The summed E-state index contributed by atoms with van der Waals surface area (Å²) in [6, 6.07) is 11.9. The third-order valence-corrected chi connectivity index (χ3v) is 7.41. The number of hydrogen-bond acceptors (Lipinski definition) is 8. The van der Waals surface area contributed by atoms with Gasteiger partial charge in [0.25, 0.3) is 11.8 Å². The second kappa shape index (κ2) is 12.1. The molecule has 0 spiro atoms. The molecule has 0 saturated carbocycles. The molecule has 3 aromatic heterocycles. The van der Waals surface area contributed by atoms with Crippen LogP contribution in [0, 0.1) is 0 Å². The smallest absolute Gasteiger partial charge is 0.506 e. The molecule has 0 aliphatic carbocycles. The van der Waals surface area contributed by atoms with Crippen molar-refractivity contribution in [2.75, 3.05) is 6.54 Å². The van der Waals surface area contributed by atoms with Crippen LogP contribution in [-0.4, -0.2) is 40.5 Å². The predicted molar refractivity (Wildman–Crippen MR) is 142 cm³/mol. The first-order chi connectivity index (χ1) is 18.6. The molecule has 202 valence electrons. The van der Waals surface area contributed by atoms with Crippen molar-refractivity contribution < 1.29 is 32.6 Å². The molecule has 0 aliphatic heterocycles. The standard InChI is InChI=1S/C26H21F3N4O4S2/c1-15(19-14-38-23(22(19)34)17-4-6-18(7-5-17)37-26(27,28)29)32-33-25(36)21-9-8-20(39-21)24(35)31-12-10-16-3-2-11-30-13-16/h2-9,11,13-14,34H,10,12H2,1H3,(H,31,35)(H,33,36)/b32-15+. The lowest BCUT2D eigenvalue weighted by molar-refractivity contribution is -0.274. The van der Waals surface area contributed by atoms with E-state index in [-0.39, 0.29) is 22.3 Å². The summed E-state index contributed by atoms with van der Waals surface area (Å²) >= 11 is 2.18. The minimum atomic E-state index is -4.80. The van der Waals surface area contributed by atoms with Crippen LogP contribution in [-0.2, 0) is 6.42 Å². The van der Waals surface area contributed by atoms with Gasteiger partial charge in [0.2, 0.25) is 0 Å². The molecule has 0 atom stereocenters. The van der Waals surface area contributed by atoms with E-state index in [4.69, 9.17) is 0 Å². The van der Waals surface area contributed by atoms with Gasteiger partial charge in [-0.1, -0.05) is 6.07 Å². The van der Waals surface area contributed by atoms with E-state index in [0.29, 0.717) is 39.6 Å². The maximum atomic E-state index is 12.6. The van der Waals surface area contributed by atoms with E-state index in [9.17, 15) is 27.9 Å². The fourth-order valence-electron chi connectivity index (χ4n) is 3.41. The molecule has 2 amide bonds. The topological polar surface area (TPSA) is 113 Å². The molecular formula is C26H21F3N4O4S2. The first-order valence-electron chi connectivity index (χ1n) is 11.4. The number of ether oxygens (including phenoxy) is 1. The van der Waals surface area contributed by atoms with Crippen LogP contribution in [0.15, 0.2) is 71.4 Å². The van der Waals surface area contributed by atoms with Crippen LogP contribution in [0.3, 0.4) is 0 Å². The SMILES string of the molecule is C/C(=N\NC(=O)c1ccc(C(=O)NCCc2cccnc2)s1)c1csc(-c2ccc(OC(F)(F)F)cc2)c1O. The van der Waals surface area contributed by atoms with E-state index >= 15 is 0 Å². The number of benzene rings is 1. The normalized spacial score (nSPS) is 11.7. The van der Waals surface area contributed by atoms with Gasteiger partial charge in [-0.25, -0.2) is 5.43 Å². The molecular weight excluding hydrogens is 553 g/mol. The third kappa shape index (κ3) is 7.42. The molecule has 3 N–H and O–H groups in total. The number of aromatic nitrogens is 1. The molecule has 0 aliphatic rings. The summed E-state index contributed by atoms with van der Waals surface area (Å²) in [4.78, 5) is 30.1. The number of nitrogens with one attached hydrogen (secondary N) is 2. The molecule has 0 unspecified atom stereocenters. The zero-order valence-corrected chi connectivity index (χ0v) is 21.9. The van der Waals surface area contributed by atoms with Crippen molar-refractivity contribution in [3.8, 4) is 21.9 Å². The van der Waals surface area contributed by atoms with Gasteiger partial charge in [-0.05, 0) is 66.9 Å². The summed E-state index contributed by atoms with van der Waals surface area (Å²) in [5.74, 6) is -1.32. The van der Waals surface area contributed by atoms with Gasteiger partial charge in [0, 0.05) is 24.3 Å². The number of hydrazone groups is 1. The van der Waals surface area contributed by atoms with E-state index in [1.54, 1.807) is 30.8 Å². The quantitative estimate of drug-likeness (QED) is 0.178. The Bertz CT molecular complexity index is 1480. The number of thiophene rings is 2. The number of carbonyl (C=O) groups excluding carboxylic acids is 2. The van der Waals surface area contributed by atoms with Gasteiger partial charge in [-0.2, -0.15) is 5.10 Å². The Morgan fingerprint density at radius 3 is 2.46 bits per heavy atom. The highest BCUT2D eigenvalue weighted by Crippen LogP contribution is 2.39. The molecule has 0 bridgehead atoms. The molecule has 8 nitrogen and oxygen atoms in total. The number of nitrogens with zero attached hydrogens (tertiary/aromatic N) is 2. The van der Waals surface area contributed by atoms with Crippen LogP contribution in [0.5, 0.6) is 11.5 Å². The number of amides is 2. The zero-order chi connectivity index (χ0) is 28.0. The Morgan fingerprint density at radius 2 is 1.79 bits per heavy atom. The lowest BCUT2D eigenvalue weighted by Crippen LogP contribution is -2.24. The van der Waals surface area contributed by atoms with Crippen LogP contribution in [0.2, 0.25) is 0 Å². The lowest BCUT2D eigenvalue weighted by atomic mass is 10.1. The minimum absolute atomic E-state index is 0.124. The number of rotatable bonds is 9. The predicted octanol–water partition coefficient (Wildman–Crippen LogP) is 5.60. The Kier molecular flexibility index (Phi) is 8.62. The molecule has 3 heterocycles. The van der Waals surface area contributed by atoms with Crippen molar-refractivity contribution in [1.29, 1.82) is 0 Å². The molecule has 4 aromatic rings. The molecule has 13 heteroatoms. The largest absolute Gasteiger partial charge is 0.573 e. The minimum Gasteiger partial charge on any atom is -0.506 e. The third-order valence-electron chi connectivity index (χ3n) is 5.31. The highest BCUT2D eigenvalue weighted by Gasteiger charge is 2.31. The second-order valence-corrected chi connectivity index (χ2v) is 10.0. The number of alkyl halides is 3. The summed E-state index contributed by atoms with van der Waals surface area (Å²) in [5.41, 5.74) is 4.55. The number of hydrogen-bond donors (Lipinski definition) is 3. The van der Waals surface area contributed by atoms with E-state index in [1.807, 2.05) is 12.1 Å². The Hall–Kier alpha value is -4.23. The van der Waals surface area contributed by atoms with Crippen molar-refractivity contribution >= 4 is 40.2 Å². The van der Waals surface area contributed by atoms with Crippen molar-refractivity contribution in [1.82, 2.24) is 15.7 Å². The monoisotopic (exact) mass is 574 g/mol. The second-order valence-electron chi connectivity index (χ2n) is 8.07. The number of aromatic hydroxyl groups is 1. The number of pyridine rings is 1. The van der Waals surface area contributed by atoms with E-state index in [2.05, 4.69) is 25.6 Å². The van der Waals surface area contributed by atoms with E-state index < -0.39 is 12.3 Å². The molecule has 39 heavy (non-hydrogen) atoms. The average Bonchev–Trinajstić information content (AvgIpc) is 3.55. The van der Waals surface area contributed by atoms with Crippen LogP contribution in [0.1, 0.15) is 37.4 Å². The number of carbonyl (C=O) groups is 2. The summed E-state index contributed by atoms with van der Waals surface area (Å²) in [6.45, 7) is 2.01. The van der Waals surface area contributed by atoms with Crippen molar-refractivity contribution in [2.24, 2.45) is 5.10 Å². The molecule has 0 radical (unpaired) electrons. The summed E-state index contributed by atoms with van der Waals surface area (Å²) in [7, 11) is 0. The van der Waals surface area contributed by atoms with E-state index in [0.717, 1.165) is 29.0 Å². The first kappa shape index (κ1) is 27.8. The van der Waals surface area contributed by atoms with Crippen LogP contribution in [0.4, 0.5) is 13.2 Å². The van der Waals surface area contributed by atoms with Crippen LogP contribution >= 0.6 is 22.7 Å². The zero-order valence-electron chi connectivity index (χ0n) is 20.3. The van der Waals surface area contributed by atoms with Gasteiger partial charge >= 0.3 is 6.36 Å². The van der Waals surface area contributed by atoms with Crippen LogP contribution in [0.25, 0.3) is 10.4 Å². The lowest BCUT2D eigenvalue weighted by Gasteiger charge is -2.09. The fraction of sp³-hybridized carbons (Fsp3) is 0.154. The van der Waals surface area contributed by atoms with Gasteiger partial charge in [-0.3, -0.25) is 14.6 Å². The molecule has 0 fully saturated rings. The Labute approximate surface area is 228 Å². The van der Waals surface area contributed by atoms with Gasteiger partial charge in [0.05, 0.1) is 25.9 Å². The van der Waals surface area contributed by atoms with Gasteiger partial charge in [0.15, 0.2) is 0 Å². The fourth-order valence-corrected chi connectivity index (χ4v) is 5.23. The average molecular weight is 575 g/mol. The number of halogens is 3. The first-order valence-corrected chi connectivity index (χ1v) is 13.1. The Morgan fingerprint density at radius 1 is 1.08 bits per heavy atom. The van der Waals surface area contributed by atoms with Crippen molar-refractivity contribution in [3.63, 3.8) is 0 Å². The van der Waals surface area contributed by atoms with Gasteiger partial charge in [-0.15, -0.1) is 35.8 Å². The maximum absolute atomic E-state index is 12.6. The van der Waals surface area contributed by atoms with Crippen molar-refractivity contribution in [2.45, 2.75) is 19.7 Å². The summed E-state index contributed by atoms with van der Waals surface area (Å²) < 4.78 is 41.0. The van der Waals surface area contributed by atoms with Gasteiger partial charge in [0.1, 0.15) is 11.5 Å².